The Morgan fingerprint density at radius 2 is 2.16 bits per heavy atom. The van der Waals surface area contributed by atoms with E-state index in [1.165, 1.54) is 24.4 Å². The summed E-state index contributed by atoms with van der Waals surface area (Å²) in [6, 6.07) is 8.45. The number of carbonyl (C=O) groups is 1. The zero-order valence-corrected chi connectivity index (χ0v) is 21.8. The SMILES string of the molecule is CCC12CCCN3CCc4c(n(c5ccccc45)C(O)(C(=O)OC)C1)C32.Nc1nc(=S)c2[nH]cnc2[nH]1. The first-order chi connectivity index (χ1) is 17.8. The number of aliphatic hydroxyl groups is 1. The standard InChI is InChI=1S/C21H26N2O3.C5H5N5S/c1-3-20-10-6-11-22-12-9-15-14-7-4-5-8-16(14)23(17(15)18(20)22)21(25,13-20)19(24)26-2;6-5-9-3-2(4(11)10-5)7-1-8-3/h4-5,7-8,18,25H,3,6,9-13H2,1-2H3;1H,(H4,6,7,8,9,10,11). The van der Waals surface area contributed by atoms with Gasteiger partial charge in [0, 0.05) is 24.0 Å². The lowest BCUT2D eigenvalue weighted by atomic mass is 9.62. The van der Waals surface area contributed by atoms with E-state index in [2.05, 4.69) is 37.8 Å². The number of nitrogens with two attached hydrogens (primary N) is 1. The zero-order valence-electron chi connectivity index (χ0n) is 21.0. The number of rotatable bonds is 2. The number of piperidine rings is 1. The maximum absolute atomic E-state index is 12.8. The van der Waals surface area contributed by atoms with Gasteiger partial charge >= 0.3 is 5.97 Å². The molecule has 0 spiro atoms. The number of fused-ring (bicyclic) bond motifs is 4. The second-order valence-corrected chi connectivity index (χ2v) is 10.6. The number of anilines is 1. The van der Waals surface area contributed by atoms with E-state index >= 15 is 0 Å². The Bertz CT molecular complexity index is 1580. The monoisotopic (exact) mass is 521 g/mol. The van der Waals surface area contributed by atoms with E-state index in [-0.39, 0.29) is 17.4 Å². The van der Waals surface area contributed by atoms with Gasteiger partial charge in [0.25, 0.3) is 0 Å². The van der Waals surface area contributed by atoms with Crippen molar-refractivity contribution in [3.8, 4) is 0 Å². The van der Waals surface area contributed by atoms with Gasteiger partial charge in [-0.25, -0.2) is 14.8 Å². The van der Waals surface area contributed by atoms with Crippen molar-refractivity contribution in [3.05, 3.63) is 46.5 Å². The highest BCUT2D eigenvalue weighted by Crippen LogP contribution is 2.60. The second kappa shape index (κ2) is 8.64. The van der Waals surface area contributed by atoms with E-state index in [1.807, 2.05) is 22.8 Å². The predicted molar refractivity (Wildman–Crippen MR) is 142 cm³/mol. The molecule has 0 radical (unpaired) electrons. The quantitative estimate of drug-likeness (QED) is 0.232. The number of nitrogen functional groups attached to an aromatic ring is 1. The molecule has 0 amide bonds. The number of aromatic nitrogens is 5. The minimum absolute atomic E-state index is 0.0826. The average Bonchev–Trinajstić information content (AvgIpc) is 3.51. The fourth-order valence-electron chi connectivity index (χ4n) is 6.97. The summed E-state index contributed by atoms with van der Waals surface area (Å²) < 4.78 is 7.45. The van der Waals surface area contributed by atoms with E-state index in [0.717, 1.165) is 50.0 Å². The number of esters is 1. The number of nitrogens with zero attached hydrogens (tertiary/aromatic N) is 4. The first-order valence-electron chi connectivity index (χ1n) is 12.7. The first-order valence-corrected chi connectivity index (χ1v) is 13.1. The Hall–Kier alpha value is -3.28. The summed E-state index contributed by atoms with van der Waals surface area (Å²) in [5, 5.41) is 12.9. The van der Waals surface area contributed by atoms with Crippen LogP contribution in [0.25, 0.3) is 22.1 Å². The van der Waals surface area contributed by atoms with Crippen LogP contribution in [0.1, 0.15) is 49.9 Å². The number of carbonyl (C=O) groups excluding carboxylic acids is 1. The molecule has 1 fully saturated rings. The Labute approximate surface area is 218 Å². The molecule has 3 atom stereocenters. The Morgan fingerprint density at radius 1 is 1.35 bits per heavy atom. The highest BCUT2D eigenvalue weighted by Gasteiger charge is 2.60. The predicted octanol–water partition coefficient (Wildman–Crippen LogP) is 3.55. The van der Waals surface area contributed by atoms with Crippen LogP contribution in [-0.2, 0) is 21.7 Å². The fourth-order valence-corrected chi connectivity index (χ4v) is 7.22. The summed E-state index contributed by atoms with van der Waals surface area (Å²) in [7, 11) is 1.37. The van der Waals surface area contributed by atoms with Crippen molar-refractivity contribution < 1.29 is 14.6 Å². The molecule has 0 saturated carbocycles. The fraction of sp³-hybridized carbons (Fsp3) is 0.462. The molecule has 194 valence electrons. The van der Waals surface area contributed by atoms with Gasteiger partial charge in [-0.15, -0.1) is 0 Å². The number of aromatic amines is 2. The normalized spacial score (nSPS) is 26.4. The number of hydrogen-bond acceptors (Lipinski definition) is 8. The van der Waals surface area contributed by atoms with Gasteiger partial charge in [-0.1, -0.05) is 37.3 Å². The van der Waals surface area contributed by atoms with Gasteiger partial charge in [-0.2, -0.15) is 0 Å². The molecule has 3 aromatic heterocycles. The molecule has 6 heterocycles. The molecule has 5 N–H and O–H groups in total. The second-order valence-electron chi connectivity index (χ2n) is 10.3. The summed E-state index contributed by atoms with van der Waals surface area (Å²) in [6.45, 7) is 4.36. The van der Waals surface area contributed by atoms with Gasteiger partial charge in [0.15, 0.2) is 10.3 Å². The van der Waals surface area contributed by atoms with E-state index in [9.17, 15) is 9.90 Å². The molecule has 10 nitrogen and oxygen atoms in total. The van der Waals surface area contributed by atoms with Crippen LogP contribution in [0.3, 0.4) is 0 Å². The Balaban J connectivity index is 0.000000191. The van der Waals surface area contributed by atoms with E-state index < -0.39 is 11.7 Å². The van der Waals surface area contributed by atoms with Crippen LogP contribution in [0, 0.1) is 10.1 Å². The summed E-state index contributed by atoms with van der Waals surface area (Å²) in [5.41, 5.74) is 8.45. The molecule has 3 aliphatic heterocycles. The molecule has 3 unspecified atom stereocenters. The molecular weight excluding hydrogens is 490 g/mol. The van der Waals surface area contributed by atoms with Crippen molar-refractivity contribution >= 4 is 46.2 Å². The number of methoxy groups -OCH3 is 1. The lowest BCUT2D eigenvalue weighted by Gasteiger charge is -2.57. The van der Waals surface area contributed by atoms with Crippen molar-refractivity contribution in [1.29, 1.82) is 0 Å². The minimum Gasteiger partial charge on any atom is -0.465 e. The third kappa shape index (κ3) is 3.44. The topological polar surface area (TPSA) is 138 Å². The maximum atomic E-state index is 12.8. The van der Waals surface area contributed by atoms with Crippen LogP contribution >= 0.6 is 12.2 Å². The Morgan fingerprint density at radius 3 is 2.95 bits per heavy atom. The Kier molecular flexibility index (Phi) is 5.62. The smallest absolute Gasteiger partial charge is 0.359 e. The number of ether oxygens (including phenoxy) is 1. The van der Waals surface area contributed by atoms with Crippen molar-refractivity contribution in [2.45, 2.75) is 50.8 Å². The molecule has 7 rings (SSSR count). The number of nitrogens with one attached hydrogen (secondary N) is 2. The average molecular weight is 522 g/mol. The molecule has 0 bridgehead atoms. The molecular formula is C26H31N7O3S. The van der Waals surface area contributed by atoms with E-state index in [1.54, 1.807) is 0 Å². The van der Waals surface area contributed by atoms with Gasteiger partial charge in [0.2, 0.25) is 11.7 Å². The number of para-hydroxylation sites is 1. The van der Waals surface area contributed by atoms with E-state index in [4.69, 9.17) is 22.7 Å². The maximum Gasteiger partial charge on any atom is 0.359 e. The lowest BCUT2D eigenvalue weighted by Crippen LogP contribution is -2.60. The van der Waals surface area contributed by atoms with Gasteiger partial charge in [0.05, 0.1) is 25.0 Å². The van der Waals surface area contributed by atoms with Gasteiger partial charge < -0.3 is 30.1 Å². The zero-order chi connectivity index (χ0) is 25.9. The molecule has 1 aromatic carbocycles. The van der Waals surface area contributed by atoms with Gasteiger partial charge in [0.1, 0.15) is 5.52 Å². The van der Waals surface area contributed by atoms with Crippen LogP contribution < -0.4 is 5.73 Å². The third-order valence-corrected chi connectivity index (χ3v) is 8.80. The largest absolute Gasteiger partial charge is 0.465 e. The van der Waals surface area contributed by atoms with Crippen molar-refractivity contribution in [2.24, 2.45) is 5.41 Å². The molecule has 1 saturated heterocycles. The molecule has 37 heavy (non-hydrogen) atoms. The van der Waals surface area contributed by atoms with Crippen molar-refractivity contribution in [3.63, 3.8) is 0 Å². The van der Waals surface area contributed by atoms with Crippen LogP contribution in [0.15, 0.2) is 30.6 Å². The van der Waals surface area contributed by atoms with Crippen LogP contribution in [0.4, 0.5) is 5.95 Å². The highest BCUT2D eigenvalue weighted by molar-refractivity contribution is 7.71. The summed E-state index contributed by atoms with van der Waals surface area (Å²) in [6.07, 6.45) is 6.06. The molecule has 0 aliphatic carbocycles. The molecule has 4 aromatic rings. The highest BCUT2D eigenvalue weighted by atomic mass is 32.1. The third-order valence-electron chi connectivity index (χ3n) is 8.50. The van der Waals surface area contributed by atoms with Gasteiger partial charge in [-0.05, 0) is 49.3 Å². The van der Waals surface area contributed by atoms with Crippen LogP contribution in [0.2, 0.25) is 0 Å². The summed E-state index contributed by atoms with van der Waals surface area (Å²) >= 11 is 4.91. The van der Waals surface area contributed by atoms with Gasteiger partial charge in [-0.3, -0.25) is 4.90 Å². The number of imidazole rings is 1. The molecule has 11 heteroatoms. The lowest BCUT2D eigenvalue weighted by molar-refractivity contribution is -0.194. The number of hydrogen-bond donors (Lipinski definition) is 4. The van der Waals surface area contributed by atoms with Crippen LogP contribution in [0.5, 0.6) is 0 Å². The van der Waals surface area contributed by atoms with Crippen molar-refractivity contribution in [2.75, 3.05) is 25.9 Å². The number of H-pyrrole nitrogens is 2. The summed E-state index contributed by atoms with van der Waals surface area (Å²) in [4.78, 5) is 28.8. The summed E-state index contributed by atoms with van der Waals surface area (Å²) in [5.74, 6) is -0.260. The van der Waals surface area contributed by atoms with Crippen molar-refractivity contribution in [1.82, 2.24) is 29.4 Å². The number of benzene rings is 1. The van der Waals surface area contributed by atoms with Crippen LogP contribution in [-0.4, -0.2) is 60.7 Å². The minimum atomic E-state index is -1.63. The van der Waals surface area contributed by atoms with E-state index in [0.29, 0.717) is 22.2 Å². The molecule has 3 aliphatic rings. The first kappa shape index (κ1) is 24.1.